The van der Waals surface area contributed by atoms with Crippen LogP contribution in [0.4, 0.5) is 22.0 Å². The molecule has 0 bridgehead atoms. The predicted molar refractivity (Wildman–Crippen MR) is 147 cm³/mol. The lowest BCUT2D eigenvalue weighted by atomic mass is 9.86. The summed E-state index contributed by atoms with van der Waals surface area (Å²) in [6.45, 7) is 4.68. The number of aryl methyl sites for hydroxylation is 1. The summed E-state index contributed by atoms with van der Waals surface area (Å²) >= 11 is 0. The summed E-state index contributed by atoms with van der Waals surface area (Å²) in [5.74, 6) is -0.716. The van der Waals surface area contributed by atoms with E-state index in [-0.39, 0.29) is 52.8 Å². The van der Waals surface area contributed by atoms with E-state index >= 15 is 0 Å². The van der Waals surface area contributed by atoms with Gasteiger partial charge >= 0.3 is 6.18 Å². The third-order valence-corrected chi connectivity index (χ3v) is 7.45. The fraction of sp³-hybridized carbons (Fsp3) is 0.419. The summed E-state index contributed by atoms with van der Waals surface area (Å²) in [5, 5.41) is 11.2. The second kappa shape index (κ2) is 11.6. The summed E-state index contributed by atoms with van der Waals surface area (Å²) < 4.78 is 81.6. The summed E-state index contributed by atoms with van der Waals surface area (Å²) in [6.07, 6.45) is -7.72. The van der Waals surface area contributed by atoms with E-state index in [4.69, 9.17) is 15.2 Å². The van der Waals surface area contributed by atoms with E-state index in [1.807, 2.05) is 0 Å². The second-order valence-corrected chi connectivity index (χ2v) is 11.3. The van der Waals surface area contributed by atoms with Crippen molar-refractivity contribution in [3.63, 3.8) is 0 Å². The molecule has 0 aliphatic heterocycles. The zero-order valence-corrected chi connectivity index (χ0v) is 23.7. The molecular weight excluding hydrogens is 559 g/mol. The number of rotatable bonds is 10. The van der Waals surface area contributed by atoms with Gasteiger partial charge in [-0.2, -0.15) is 13.2 Å². The molecule has 2 aromatic carbocycles. The Kier molecular flexibility index (Phi) is 8.67. The minimum Gasteiger partial charge on any atom is -0.493 e. The Bertz CT molecular complexity index is 1460. The van der Waals surface area contributed by atoms with E-state index < -0.39 is 53.6 Å². The first-order valence-electron chi connectivity index (χ1n) is 13.4. The molecule has 42 heavy (non-hydrogen) atoms. The number of hydrogen-bond acceptors (Lipinski definition) is 6. The average molecular weight is 593 g/mol. The molecule has 1 unspecified atom stereocenters. The van der Waals surface area contributed by atoms with Gasteiger partial charge in [-0.25, -0.2) is 13.8 Å². The van der Waals surface area contributed by atoms with Crippen LogP contribution in [0.5, 0.6) is 11.5 Å². The van der Waals surface area contributed by atoms with Gasteiger partial charge in [0.05, 0.1) is 18.5 Å². The number of carbonyl (C=O) groups is 1. The molecule has 3 N–H and O–H groups in total. The maximum atomic E-state index is 14.5. The van der Waals surface area contributed by atoms with E-state index in [2.05, 4.69) is 4.98 Å². The first kappa shape index (κ1) is 31.4. The van der Waals surface area contributed by atoms with E-state index in [1.165, 1.54) is 56.5 Å². The van der Waals surface area contributed by atoms with Gasteiger partial charge in [0.25, 0.3) is 0 Å². The molecule has 6 nitrogen and oxygen atoms in total. The smallest absolute Gasteiger partial charge is 0.422 e. The number of benzene rings is 2. The molecule has 226 valence electrons. The van der Waals surface area contributed by atoms with Crippen LogP contribution in [0.25, 0.3) is 11.3 Å². The molecule has 4 rings (SSSR count). The number of aliphatic hydroxyl groups is 1. The van der Waals surface area contributed by atoms with Crippen LogP contribution in [-0.4, -0.2) is 41.4 Å². The highest BCUT2D eigenvalue weighted by molar-refractivity contribution is 5.96. The van der Waals surface area contributed by atoms with Crippen molar-refractivity contribution in [2.24, 2.45) is 5.73 Å². The Morgan fingerprint density at radius 2 is 1.76 bits per heavy atom. The zero-order chi connectivity index (χ0) is 31.0. The summed E-state index contributed by atoms with van der Waals surface area (Å²) in [4.78, 5) is 17.2. The molecule has 3 aromatic rings. The lowest BCUT2D eigenvalue weighted by Gasteiger charge is -2.32. The molecule has 1 fully saturated rings. The molecular formula is C31H33F5N2O4. The van der Waals surface area contributed by atoms with Crippen molar-refractivity contribution in [1.82, 2.24) is 4.98 Å². The van der Waals surface area contributed by atoms with Gasteiger partial charge in [-0.3, -0.25) is 4.79 Å². The van der Waals surface area contributed by atoms with Gasteiger partial charge in [-0.1, -0.05) is 0 Å². The van der Waals surface area contributed by atoms with Gasteiger partial charge in [0, 0.05) is 35.9 Å². The number of nitrogens with two attached hydrogens (primary N) is 1. The van der Waals surface area contributed by atoms with Crippen LogP contribution in [0.15, 0.2) is 48.5 Å². The van der Waals surface area contributed by atoms with E-state index in [0.717, 1.165) is 6.07 Å². The topological polar surface area (TPSA) is 94.7 Å². The molecule has 0 radical (unpaired) electrons. The first-order valence-corrected chi connectivity index (χ1v) is 13.4. The number of hydrogen-bond donors (Lipinski definition) is 2. The maximum Gasteiger partial charge on any atom is 0.422 e. The summed E-state index contributed by atoms with van der Waals surface area (Å²) in [6, 6.07) is 10.7. The average Bonchev–Trinajstić information content (AvgIpc) is 2.90. The minimum atomic E-state index is -5.21. The van der Waals surface area contributed by atoms with Gasteiger partial charge < -0.3 is 20.3 Å². The van der Waals surface area contributed by atoms with Crippen molar-refractivity contribution in [2.75, 3.05) is 7.11 Å². The van der Waals surface area contributed by atoms with Crippen molar-refractivity contribution in [1.29, 1.82) is 0 Å². The quantitative estimate of drug-likeness (QED) is 0.201. The first-order chi connectivity index (χ1) is 19.5. The van der Waals surface area contributed by atoms with E-state index in [1.54, 1.807) is 13.8 Å². The molecule has 0 spiro atoms. The monoisotopic (exact) mass is 592 g/mol. The highest BCUT2D eigenvalue weighted by Crippen LogP contribution is 2.44. The number of alkyl halides is 4. The number of carbonyl (C=O) groups excluding carboxylic acids is 1. The number of halogens is 5. The van der Waals surface area contributed by atoms with Gasteiger partial charge in [0.15, 0.2) is 17.3 Å². The van der Waals surface area contributed by atoms with Crippen LogP contribution in [-0.2, 0) is 11.1 Å². The molecule has 1 atom stereocenters. The van der Waals surface area contributed by atoms with Crippen molar-refractivity contribution in [3.8, 4) is 22.8 Å². The van der Waals surface area contributed by atoms with Gasteiger partial charge in [-0.15, -0.1) is 0 Å². The molecule has 11 heteroatoms. The van der Waals surface area contributed by atoms with Crippen LogP contribution < -0.4 is 15.2 Å². The zero-order valence-electron chi connectivity index (χ0n) is 23.7. The fourth-order valence-corrected chi connectivity index (χ4v) is 4.64. The Hall–Kier alpha value is -3.57. The van der Waals surface area contributed by atoms with Crippen LogP contribution in [0.3, 0.4) is 0 Å². The summed E-state index contributed by atoms with van der Waals surface area (Å²) in [7, 11) is 1.34. The van der Waals surface area contributed by atoms with Crippen LogP contribution in [0, 0.1) is 12.7 Å². The summed E-state index contributed by atoms with van der Waals surface area (Å²) in [5.41, 5.74) is 1.82. The lowest BCUT2D eigenvalue weighted by molar-refractivity contribution is -0.270. The predicted octanol–water partition coefficient (Wildman–Crippen LogP) is 6.69. The number of ether oxygens (including phenoxy) is 2. The van der Waals surface area contributed by atoms with Crippen molar-refractivity contribution in [2.45, 2.75) is 76.0 Å². The third kappa shape index (κ3) is 6.57. The van der Waals surface area contributed by atoms with Crippen LogP contribution >= 0.6 is 0 Å². The third-order valence-electron chi connectivity index (χ3n) is 7.45. The molecule has 1 saturated carbocycles. The van der Waals surface area contributed by atoms with Gasteiger partial charge in [0.2, 0.25) is 5.60 Å². The Balaban J connectivity index is 1.65. The van der Waals surface area contributed by atoms with Crippen LogP contribution in [0.1, 0.15) is 66.7 Å². The van der Waals surface area contributed by atoms with Crippen molar-refractivity contribution >= 4 is 5.78 Å². The molecule has 1 aliphatic rings. The minimum absolute atomic E-state index is 0.0491. The fourth-order valence-electron chi connectivity index (χ4n) is 4.64. The number of ketones is 1. The molecule has 1 heterocycles. The number of Topliss-reactive ketones (excluding diaryl/α,β-unsaturated/α-hetero) is 1. The Labute approximate surface area is 240 Å². The number of nitrogens with zero attached hydrogens (tertiary/aromatic N) is 1. The number of aromatic nitrogens is 1. The SMILES string of the molecule is COc1cc(C(=O)CCC(O)(c2cc(C(C)(C)N)cc(-c3ccc(F)c(C)c3)n2)C(F)(F)F)ccc1OC1CC(F)C1. The second-order valence-electron chi connectivity index (χ2n) is 11.3. The molecule has 0 saturated heterocycles. The van der Waals surface area contributed by atoms with Crippen molar-refractivity contribution < 1.29 is 41.3 Å². The molecule has 1 aliphatic carbocycles. The van der Waals surface area contributed by atoms with Gasteiger partial charge in [-0.05, 0) is 86.8 Å². The Morgan fingerprint density at radius 1 is 1.07 bits per heavy atom. The largest absolute Gasteiger partial charge is 0.493 e. The van der Waals surface area contributed by atoms with Crippen LogP contribution in [0.2, 0.25) is 0 Å². The molecule has 0 amide bonds. The molecule has 1 aromatic heterocycles. The highest BCUT2D eigenvalue weighted by atomic mass is 19.4. The van der Waals surface area contributed by atoms with Gasteiger partial charge in [0.1, 0.15) is 18.1 Å². The van der Waals surface area contributed by atoms with Crippen molar-refractivity contribution in [3.05, 3.63) is 76.7 Å². The lowest BCUT2D eigenvalue weighted by Crippen LogP contribution is -2.44. The Morgan fingerprint density at radius 3 is 2.33 bits per heavy atom. The normalized spacial score (nSPS) is 18.6. The number of methoxy groups -OCH3 is 1. The van der Waals surface area contributed by atoms with E-state index in [0.29, 0.717) is 5.56 Å². The maximum absolute atomic E-state index is 14.5. The highest BCUT2D eigenvalue weighted by Gasteiger charge is 2.56. The standard InChI is InChI=1S/C31H33F5N2O4/c1-17-11-18(5-7-23(17)33)24-13-20(29(2,3)37)14-28(38-24)30(40,31(34,35)36)10-9-25(39)19-6-8-26(27(12-19)41-4)42-22-15-21(32)16-22/h5-8,11-14,21-22,40H,9-10,15-16,37H2,1-4H3. The van der Waals surface area contributed by atoms with E-state index in [9.17, 15) is 31.9 Å². The number of pyridine rings is 1.